The molecule has 2 rings (SSSR count). The van der Waals surface area contributed by atoms with Crippen LogP contribution in [0.2, 0.25) is 0 Å². The summed E-state index contributed by atoms with van der Waals surface area (Å²) in [5.74, 6) is 0.0912. The van der Waals surface area contributed by atoms with Crippen molar-refractivity contribution in [1.29, 1.82) is 0 Å². The van der Waals surface area contributed by atoms with Crippen molar-refractivity contribution in [3.63, 3.8) is 0 Å². The standard InChI is InChI=1S/C16H18FNO/c1-11-8-15(6-7-16(11)19)18-12(2)9-13-4-3-5-14(17)10-13/h3-8,10,12,18-19H,9H2,1-2H3. The third-order valence-corrected chi connectivity index (χ3v) is 3.04. The molecule has 0 heterocycles. The van der Waals surface area contributed by atoms with Gasteiger partial charge in [0.25, 0.3) is 0 Å². The third kappa shape index (κ3) is 3.71. The Morgan fingerprint density at radius 1 is 1.21 bits per heavy atom. The molecule has 0 saturated heterocycles. The summed E-state index contributed by atoms with van der Waals surface area (Å²) in [6.45, 7) is 3.91. The summed E-state index contributed by atoms with van der Waals surface area (Å²) < 4.78 is 13.1. The quantitative estimate of drug-likeness (QED) is 0.817. The van der Waals surface area contributed by atoms with Crippen LogP contribution >= 0.6 is 0 Å². The Balaban J connectivity index is 2.01. The van der Waals surface area contributed by atoms with Crippen LogP contribution in [-0.4, -0.2) is 11.1 Å². The molecule has 0 saturated carbocycles. The smallest absolute Gasteiger partial charge is 0.123 e. The molecular formula is C16H18FNO. The van der Waals surface area contributed by atoms with Gasteiger partial charge in [-0.1, -0.05) is 12.1 Å². The molecule has 100 valence electrons. The number of halogens is 1. The van der Waals surface area contributed by atoms with Crippen LogP contribution in [0.1, 0.15) is 18.1 Å². The zero-order valence-electron chi connectivity index (χ0n) is 11.2. The average molecular weight is 259 g/mol. The molecule has 1 atom stereocenters. The van der Waals surface area contributed by atoms with E-state index in [0.717, 1.165) is 23.2 Å². The molecule has 2 N–H and O–H groups in total. The molecule has 2 aromatic carbocycles. The van der Waals surface area contributed by atoms with E-state index in [1.807, 2.05) is 32.0 Å². The van der Waals surface area contributed by atoms with E-state index < -0.39 is 0 Å². The average Bonchev–Trinajstić information content (AvgIpc) is 2.34. The van der Waals surface area contributed by atoms with E-state index in [1.54, 1.807) is 18.2 Å². The van der Waals surface area contributed by atoms with E-state index in [4.69, 9.17) is 0 Å². The fraction of sp³-hybridized carbons (Fsp3) is 0.250. The maximum Gasteiger partial charge on any atom is 0.123 e. The second-order valence-corrected chi connectivity index (χ2v) is 4.88. The highest BCUT2D eigenvalue weighted by atomic mass is 19.1. The number of phenols is 1. The maximum atomic E-state index is 13.1. The van der Waals surface area contributed by atoms with Gasteiger partial charge in [-0.2, -0.15) is 0 Å². The van der Waals surface area contributed by atoms with Gasteiger partial charge in [0.1, 0.15) is 11.6 Å². The van der Waals surface area contributed by atoms with Crippen molar-refractivity contribution in [2.24, 2.45) is 0 Å². The molecule has 1 unspecified atom stereocenters. The summed E-state index contributed by atoms with van der Waals surface area (Å²) in [6.07, 6.45) is 0.748. The predicted octanol–water partition coefficient (Wildman–Crippen LogP) is 3.88. The summed E-state index contributed by atoms with van der Waals surface area (Å²) >= 11 is 0. The molecule has 2 nitrogen and oxygen atoms in total. The summed E-state index contributed by atoms with van der Waals surface area (Å²) in [4.78, 5) is 0. The molecule has 3 heteroatoms. The Kier molecular flexibility index (Phi) is 4.05. The molecule has 0 aliphatic heterocycles. The first-order chi connectivity index (χ1) is 9.04. The van der Waals surface area contributed by atoms with Crippen molar-refractivity contribution >= 4 is 5.69 Å². The van der Waals surface area contributed by atoms with Crippen LogP contribution in [0, 0.1) is 12.7 Å². The van der Waals surface area contributed by atoms with Crippen LogP contribution in [0.4, 0.5) is 10.1 Å². The van der Waals surface area contributed by atoms with E-state index in [9.17, 15) is 9.50 Å². The minimum Gasteiger partial charge on any atom is -0.508 e. The van der Waals surface area contributed by atoms with Crippen LogP contribution in [0.15, 0.2) is 42.5 Å². The number of anilines is 1. The molecular weight excluding hydrogens is 241 g/mol. The van der Waals surface area contributed by atoms with E-state index in [0.29, 0.717) is 5.75 Å². The van der Waals surface area contributed by atoms with Crippen LogP contribution in [0.5, 0.6) is 5.75 Å². The topological polar surface area (TPSA) is 32.3 Å². The van der Waals surface area contributed by atoms with Crippen molar-refractivity contribution in [2.45, 2.75) is 26.3 Å². The lowest BCUT2D eigenvalue weighted by Crippen LogP contribution is -2.18. The minimum absolute atomic E-state index is 0.186. The van der Waals surface area contributed by atoms with Gasteiger partial charge in [-0.25, -0.2) is 4.39 Å². The van der Waals surface area contributed by atoms with Crippen molar-refractivity contribution in [2.75, 3.05) is 5.32 Å². The highest BCUT2D eigenvalue weighted by Gasteiger charge is 2.05. The van der Waals surface area contributed by atoms with Crippen LogP contribution in [0.25, 0.3) is 0 Å². The molecule has 0 fully saturated rings. The van der Waals surface area contributed by atoms with Gasteiger partial charge in [-0.3, -0.25) is 0 Å². The Morgan fingerprint density at radius 3 is 2.68 bits per heavy atom. The molecule has 0 radical (unpaired) electrons. The molecule has 0 bridgehead atoms. The lowest BCUT2D eigenvalue weighted by Gasteiger charge is -2.16. The third-order valence-electron chi connectivity index (χ3n) is 3.04. The monoisotopic (exact) mass is 259 g/mol. The van der Waals surface area contributed by atoms with Gasteiger partial charge in [0.15, 0.2) is 0 Å². The summed E-state index contributed by atoms with van der Waals surface area (Å²) in [7, 11) is 0. The van der Waals surface area contributed by atoms with Gasteiger partial charge in [-0.15, -0.1) is 0 Å². The highest BCUT2D eigenvalue weighted by Crippen LogP contribution is 2.21. The maximum absolute atomic E-state index is 13.1. The van der Waals surface area contributed by atoms with Crippen LogP contribution in [0.3, 0.4) is 0 Å². The Bertz CT molecular complexity index is 568. The molecule has 0 aliphatic carbocycles. The fourth-order valence-corrected chi connectivity index (χ4v) is 2.10. The van der Waals surface area contributed by atoms with Crippen molar-refractivity contribution < 1.29 is 9.50 Å². The zero-order valence-corrected chi connectivity index (χ0v) is 11.2. The lowest BCUT2D eigenvalue weighted by atomic mass is 10.1. The molecule has 0 aliphatic rings. The second kappa shape index (κ2) is 5.74. The number of benzene rings is 2. The van der Waals surface area contributed by atoms with E-state index in [2.05, 4.69) is 5.32 Å². The van der Waals surface area contributed by atoms with E-state index >= 15 is 0 Å². The molecule has 0 aromatic heterocycles. The molecule has 2 aromatic rings. The lowest BCUT2D eigenvalue weighted by molar-refractivity contribution is 0.471. The number of aryl methyl sites for hydroxylation is 1. The second-order valence-electron chi connectivity index (χ2n) is 4.88. The Labute approximate surface area is 112 Å². The van der Waals surface area contributed by atoms with Gasteiger partial charge in [-0.05, 0) is 61.7 Å². The van der Waals surface area contributed by atoms with Crippen molar-refractivity contribution in [3.05, 3.63) is 59.4 Å². The number of nitrogens with one attached hydrogen (secondary N) is 1. The van der Waals surface area contributed by atoms with Gasteiger partial charge in [0.05, 0.1) is 0 Å². The molecule has 19 heavy (non-hydrogen) atoms. The van der Waals surface area contributed by atoms with Crippen molar-refractivity contribution in [3.8, 4) is 5.75 Å². The largest absolute Gasteiger partial charge is 0.508 e. The van der Waals surface area contributed by atoms with Crippen LogP contribution < -0.4 is 5.32 Å². The van der Waals surface area contributed by atoms with E-state index in [1.165, 1.54) is 6.07 Å². The summed E-state index contributed by atoms with van der Waals surface area (Å²) in [6, 6.07) is 12.2. The number of phenolic OH excluding ortho intramolecular Hbond substituents is 1. The predicted molar refractivity (Wildman–Crippen MR) is 76.0 cm³/mol. The number of hydrogen-bond acceptors (Lipinski definition) is 2. The fourth-order valence-electron chi connectivity index (χ4n) is 2.10. The Hall–Kier alpha value is -2.03. The van der Waals surface area contributed by atoms with Crippen molar-refractivity contribution in [1.82, 2.24) is 0 Å². The first kappa shape index (κ1) is 13.4. The van der Waals surface area contributed by atoms with Gasteiger partial charge in [0.2, 0.25) is 0 Å². The van der Waals surface area contributed by atoms with Gasteiger partial charge in [0, 0.05) is 11.7 Å². The molecule has 0 amide bonds. The van der Waals surface area contributed by atoms with Gasteiger partial charge < -0.3 is 10.4 Å². The van der Waals surface area contributed by atoms with Crippen LogP contribution in [-0.2, 0) is 6.42 Å². The summed E-state index contributed by atoms with van der Waals surface area (Å²) in [5.41, 5.74) is 2.76. The first-order valence-electron chi connectivity index (χ1n) is 6.35. The SMILES string of the molecule is Cc1cc(NC(C)Cc2cccc(F)c2)ccc1O. The molecule has 0 spiro atoms. The first-order valence-corrected chi connectivity index (χ1v) is 6.35. The normalized spacial score (nSPS) is 12.2. The number of aromatic hydroxyl groups is 1. The summed E-state index contributed by atoms with van der Waals surface area (Å²) in [5, 5.41) is 12.8. The number of hydrogen-bond donors (Lipinski definition) is 2. The number of rotatable bonds is 4. The van der Waals surface area contributed by atoms with E-state index in [-0.39, 0.29) is 11.9 Å². The Morgan fingerprint density at radius 2 is 2.00 bits per heavy atom. The zero-order chi connectivity index (χ0) is 13.8. The van der Waals surface area contributed by atoms with Gasteiger partial charge >= 0.3 is 0 Å². The minimum atomic E-state index is -0.204. The highest BCUT2D eigenvalue weighted by molar-refractivity contribution is 5.50.